The van der Waals surface area contributed by atoms with Gasteiger partial charge in [0.25, 0.3) is 16.8 Å². The largest absolute Gasteiger partial charge is 0.487 e. The average molecular weight is 733 g/mol. The molecule has 36 heavy (non-hydrogen) atoms. The van der Waals surface area contributed by atoms with Crippen LogP contribution in [0.25, 0.3) is 6.08 Å². The van der Waals surface area contributed by atoms with Gasteiger partial charge in [-0.25, -0.2) is 0 Å². The van der Waals surface area contributed by atoms with Crippen molar-refractivity contribution in [3.63, 3.8) is 0 Å². The lowest BCUT2D eigenvalue weighted by Gasteiger charge is -2.27. The minimum atomic E-state index is -0.466. The molecule has 188 valence electrons. The number of benzene rings is 2. The second-order valence-corrected chi connectivity index (χ2v) is 11.6. The Morgan fingerprint density at radius 2 is 1.81 bits per heavy atom. The fraction of sp³-hybridized carbons (Fsp3) is 0.292. The number of nitrogens with zero attached hydrogens (tertiary/aromatic N) is 3. The van der Waals surface area contributed by atoms with Crippen LogP contribution in [0.3, 0.4) is 0 Å². The van der Waals surface area contributed by atoms with Gasteiger partial charge in [-0.05, 0) is 106 Å². The zero-order chi connectivity index (χ0) is 25.8. The highest BCUT2D eigenvalue weighted by molar-refractivity contribution is 14.1. The first-order chi connectivity index (χ1) is 17.2. The minimum absolute atomic E-state index is 0.00224. The van der Waals surface area contributed by atoms with E-state index in [1.165, 1.54) is 12.1 Å². The molecule has 2 aliphatic heterocycles. The van der Waals surface area contributed by atoms with Crippen molar-refractivity contribution < 1.29 is 24.0 Å². The SMILES string of the molecule is O=C(CN1C(=O)S/C(=C\c2cc(I)c(OCc3cccc([N+](=O)[O-])c3)c(I)c2)C1=O)N1CCCCC1. The number of non-ortho nitro benzene ring substituents is 1. The Bertz CT molecular complexity index is 1240. The third-order valence-corrected chi connectivity index (χ3v) is 8.21. The molecule has 0 aliphatic carbocycles. The normalized spacial score (nSPS) is 17.1. The summed E-state index contributed by atoms with van der Waals surface area (Å²) in [6, 6.07) is 9.93. The maximum atomic E-state index is 12.9. The molecule has 4 rings (SSSR count). The predicted molar refractivity (Wildman–Crippen MR) is 152 cm³/mol. The summed E-state index contributed by atoms with van der Waals surface area (Å²) >= 11 is 5.08. The first kappa shape index (κ1) is 26.9. The molecular formula is C24H21I2N3O6S. The Hall–Kier alpha value is -2.20. The Morgan fingerprint density at radius 3 is 2.47 bits per heavy atom. The second kappa shape index (κ2) is 11.9. The van der Waals surface area contributed by atoms with Crippen molar-refractivity contribution in [1.29, 1.82) is 0 Å². The summed E-state index contributed by atoms with van der Waals surface area (Å²) < 4.78 is 7.51. The third kappa shape index (κ3) is 6.37. The van der Waals surface area contributed by atoms with Crippen LogP contribution in [0.4, 0.5) is 10.5 Å². The van der Waals surface area contributed by atoms with E-state index in [0.29, 0.717) is 24.4 Å². The molecular weight excluding hydrogens is 712 g/mol. The topological polar surface area (TPSA) is 110 Å². The molecule has 3 amide bonds. The maximum Gasteiger partial charge on any atom is 0.294 e. The standard InChI is InChI=1S/C24H21I2N3O6S/c25-18-10-16(11-19(26)22(18)35-14-15-5-4-6-17(9-15)29(33)34)12-20-23(31)28(24(32)36-20)13-21(30)27-7-2-1-3-8-27/h4-6,9-12H,1-3,7-8,13-14H2/b20-12-. The van der Waals surface area contributed by atoms with Crippen molar-refractivity contribution in [2.24, 2.45) is 0 Å². The number of nitro groups is 1. The summed E-state index contributed by atoms with van der Waals surface area (Å²) in [4.78, 5) is 51.4. The van der Waals surface area contributed by atoms with Gasteiger partial charge < -0.3 is 9.64 Å². The molecule has 2 fully saturated rings. The molecule has 0 spiro atoms. The number of carbonyl (C=O) groups excluding carboxylic acids is 3. The van der Waals surface area contributed by atoms with E-state index < -0.39 is 16.1 Å². The van der Waals surface area contributed by atoms with Crippen LogP contribution in [-0.4, -0.2) is 51.4 Å². The van der Waals surface area contributed by atoms with Crippen LogP contribution in [0.15, 0.2) is 41.3 Å². The van der Waals surface area contributed by atoms with Gasteiger partial charge in [0.1, 0.15) is 18.9 Å². The van der Waals surface area contributed by atoms with E-state index in [4.69, 9.17) is 4.74 Å². The summed E-state index contributed by atoms with van der Waals surface area (Å²) in [5.74, 6) is -0.0425. The van der Waals surface area contributed by atoms with Crippen molar-refractivity contribution in [1.82, 2.24) is 9.80 Å². The van der Waals surface area contributed by atoms with E-state index in [9.17, 15) is 24.5 Å². The molecule has 12 heteroatoms. The van der Waals surface area contributed by atoms with Gasteiger partial charge >= 0.3 is 0 Å². The zero-order valence-electron chi connectivity index (χ0n) is 18.9. The smallest absolute Gasteiger partial charge is 0.294 e. The summed E-state index contributed by atoms with van der Waals surface area (Å²) in [5, 5.41) is 10.5. The highest BCUT2D eigenvalue weighted by atomic mass is 127. The van der Waals surface area contributed by atoms with Crippen LogP contribution in [0.2, 0.25) is 0 Å². The number of amides is 3. The van der Waals surface area contributed by atoms with E-state index in [1.54, 1.807) is 23.1 Å². The number of piperidine rings is 1. The first-order valence-electron chi connectivity index (χ1n) is 11.1. The number of rotatable bonds is 7. The number of imide groups is 1. The molecule has 9 nitrogen and oxygen atoms in total. The Kier molecular flexibility index (Phi) is 8.87. The molecule has 0 N–H and O–H groups in total. The monoisotopic (exact) mass is 733 g/mol. The van der Waals surface area contributed by atoms with Crippen molar-refractivity contribution in [3.8, 4) is 5.75 Å². The lowest BCUT2D eigenvalue weighted by Crippen LogP contribution is -2.44. The minimum Gasteiger partial charge on any atom is -0.487 e. The fourth-order valence-electron chi connectivity index (χ4n) is 3.88. The molecule has 0 radical (unpaired) electrons. The van der Waals surface area contributed by atoms with Gasteiger partial charge in [-0.3, -0.25) is 29.4 Å². The van der Waals surface area contributed by atoms with Crippen molar-refractivity contribution in [2.75, 3.05) is 19.6 Å². The first-order valence-corrected chi connectivity index (χ1v) is 14.1. The quantitative estimate of drug-likeness (QED) is 0.162. The van der Waals surface area contributed by atoms with E-state index in [1.807, 2.05) is 12.1 Å². The highest BCUT2D eigenvalue weighted by Gasteiger charge is 2.37. The van der Waals surface area contributed by atoms with Gasteiger partial charge in [0.2, 0.25) is 5.91 Å². The van der Waals surface area contributed by atoms with Crippen LogP contribution >= 0.6 is 56.9 Å². The van der Waals surface area contributed by atoms with Gasteiger partial charge in [-0.2, -0.15) is 0 Å². The van der Waals surface area contributed by atoms with Crippen LogP contribution in [0.1, 0.15) is 30.4 Å². The number of hydrogen-bond donors (Lipinski definition) is 0. The van der Waals surface area contributed by atoms with E-state index in [2.05, 4.69) is 45.2 Å². The van der Waals surface area contributed by atoms with Crippen LogP contribution in [-0.2, 0) is 16.2 Å². The lowest BCUT2D eigenvalue weighted by atomic mass is 10.1. The molecule has 2 saturated heterocycles. The molecule has 0 bridgehead atoms. The maximum absolute atomic E-state index is 12.9. The number of ether oxygens (including phenoxy) is 1. The predicted octanol–water partition coefficient (Wildman–Crippen LogP) is 5.43. The van der Waals surface area contributed by atoms with Crippen molar-refractivity contribution in [3.05, 3.63) is 69.7 Å². The average Bonchev–Trinajstić information content (AvgIpc) is 3.11. The third-order valence-electron chi connectivity index (χ3n) is 5.70. The number of halogens is 2. The van der Waals surface area contributed by atoms with Gasteiger partial charge in [-0.1, -0.05) is 12.1 Å². The number of thioether (sulfide) groups is 1. The Balaban J connectivity index is 1.45. The number of likely N-dealkylation sites (tertiary alicyclic amines) is 1. The molecule has 0 saturated carbocycles. The van der Waals surface area contributed by atoms with Crippen LogP contribution in [0, 0.1) is 17.3 Å². The lowest BCUT2D eigenvalue weighted by molar-refractivity contribution is -0.384. The van der Waals surface area contributed by atoms with Gasteiger partial charge in [0, 0.05) is 25.2 Å². The Morgan fingerprint density at radius 1 is 1.11 bits per heavy atom. The van der Waals surface area contributed by atoms with Crippen LogP contribution in [0.5, 0.6) is 5.75 Å². The number of carbonyl (C=O) groups is 3. The molecule has 2 heterocycles. The van der Waals surface area contributed by atoms with E-state index in [-0.39, 0.29) is 29.7 Å². The second-order valence-electron chi connectivity index (χ2n) is 8.24. The van der Waals surface area contributed by atoms with Gasteiger partial charge in [0.15, 0.2) is 0 Å². The summed E-state index contributed by atoms with van der Waals surface area (Å²) in [6.45, 7) is 1.26. The van der Waals surface area contributed by atoms with Crippen molar-refractivity contribution >= 4 is 85.8 Å². The molecule has 0 atom stereocenters. The van der Waals surface area contributed by atoms with E-state index >= 15 is 0 Å². The van der Waals surface area contributed by atoms with Crippen LogP contribution < -0.4 is 4.74 Å². The Labute approximate surface area is 239 Å². The number of nitro benzene ring substituents is 1. The van der Waals surface area contributed by atoms with E-state index in [0.717, 1.165) is 48.6 Å². The summed E-state index contributed by atoms with van der Waals surface area (Å²) in [7, 11) is 0. The summed E-state index contributed by atoms with van der Waals surface area (Å²) in [6.07, 6.45) is 4.61. The molecule has 2 aromatic carbocycles. The van der Waals surface area contributed by atoms with Gasteiger partial charge in [0.05, 0.1) is 17.0 Å². The highest BCUT2D eigenvalue weighted by Crippen LogP contribution is 2.35. The number of hydrogen-bond acceptors (Lipinski definition) is 7. The van der Waals surface area contributed by atoms with Crippen molar-refractivity contribution in [2.45, 2.75) is 25.9 Å². The molecule has 0 unspecified atom stereocenters. The van der Waals surface area contributed by atoms with Gasteiger partial charge in [-0.15, -0.1) is 0 Å². The molecule has 2 aromatic rings. The summed E-state index contributed by atoms with van der Waals surface area (Å²) in [5.41, 5.74) is 1.40. The molecule has 0 aromatic heterocycles. The fourth-order valence-corrected chi connectivity index (χ4v) is 6.85. The molecule has 2 aliphatic rings. The zero-order valence-corrected chi connectivity index (χ0v) is 24.1.